The van der Waals surface area contributed by atoms with Crippen LogP contribution in [0, 0.1) is 6.92 Å². The minimum atomic E-state index is -5.88. The van der Waals surface area contributed by atoms with Crippen LogP contribution in [-0.4, -0.2) is 43.1 Å². The van der Waals surface area contributed by atoms with E-state index in [0.717, 1.165) is 43.7 Å². The van der Waals surface area contributed by atoms with Crippen LogP contribution in [0.3, 0.4) is 0 Å². The van der Waals surface area contributed by atoms with Crippen LogP contribution in [0.2, 0.25) is 0 Å². The molecule has 0 saturated carbocycles. The van der Waals surface area contributed by atoms with Gasteiger partial charge in [-0.25, -0.2) is 23.8 Å². The maximum Gasteiger partial charge on any atom is 0.496 e. The second kappa shape index (κ2) is 15.2. The minimum absolute atomic E-state index is 0.00821. The average molecular weight is 699 g/mol. The number of benzene rings is 2. The highest BCUT2D eigenvalue weighted by molar-refractivity contribution is 7.99. The van der Waals surface area contributed by atoms with Crippen molar-refractivity contribution in [3.05, 3.63) is 76.2 Å². The maximum atomic E-state index is 14.2. The second-order valence-corrected chi connectivity index (χ2v) is 11.5. The van der Waals surface area contributed by atoms with Crippen LogP contribution in [0.15, 0.2) is 68.7 Å². The van der Waals surface area contributed by atoms with Gasteiger partial charge in [0.05, 0.1) is 11.3 Å². The molecule has 0 radical (unpaired) electrons. The molecule has 0 aliphatic rings. The van der Waals surface area contributed by atoms with Crippen LogP contribution in [0.1, 0.15) is 44.2 Å². The highest BCUT2D eigenvalue weighted by Gasteiger charge is 2.56. The first-order chi connectivity index (χ1) is 21.7. The molecule has 0 N–H and O–H groups in total. The van der Waals surface area contributed by atoms with Gasteiger partial charge in [-0.05, 0) is 61.6 Å². The van der Waals surface area contributed by atoms with Gasteiger partial charge in [0.15, 0.2) is 6.61 Å². The van der Waals surface area contributed by atoms with Crippen molar-refractivity contribution in [3.8, 4) is 11.1 Å². The van der Waals surface area contributed by atoms with Gasteiger partial charge in [-0.15, -0.1) is 29.3 Å². The smallest absolute Gasteiger partial charge is 0.453 e. The Morgan fingerprint density at radius 1 is 0.872 bits per heavy atom. The largest absolute Gasteiger partial charge is 0.496 e. The lowest BCUT2D eigenvalue weighted by Crippen LogP contribution is -2.46. The van der Waals surface area contributed by atoms with Gasteiger partial charge < -0.3 is 9.15 Å². The second-order valence-electron chi connectivity index (χ2n) is 10.4. The average Bonchev–Trinajstić information content (AvgIpc) is 2.93. The van der Waals surface area contributed by atoms with Gasteiger partial charge >= 0.3 is 36.4 Å². The van der Waals surface area contributed by atoms with Gasteiger partial charge in [0, 0.05) is 15.9 Å². The van der Waals surface area contributed by atoms with E-state index in [1.165, 1.54) is 18.2 Å². The SMILES string of the molecule is C=C(C)C(=O)OCC(F)(F)OC(F)(F)OC(F)(F)OC(F)(F)CSc1ccc2cc(-c3ccc(CCCCC)cc3C)c(=O)oc2c1. The van der Waals surface area contributed by atoms with Gasteiger partial charge in [-0.1, -0.05) is 50.6 Å². The van der Waals surface area contributed by atoms with E-state index in [2.05, 4.69) is 32.5 Å². The molecule has 0 atom stereocenters. The number of thioether (sulfide) groups is 1. The Morgan fingerprint density at radius 2 is 1.53 bits per heavy atom. The summed E-state index contributed by atoms with van der Waals surface area (Å²) in [7, 11) is 0. The highest BCUT2D eigenvalue weighted by Crippen LogP contribution is 2.39. The van der Waals surface area contributed by atoms with Gasteiger partial charge in [-0.3, -0.25) is 0 Å². The van der Waals surface area contributed by atoms with Gasteiger partial charge in [0.2, 0.25) is 0 Å². The fourth-order valence-electron chi connectivity index (χ4n) is 4.16. The summed E-state index contributed by atoms with van der Waals surface area (Å²) in [5, 5.41) is 0.423. The molecule has 7 nitrogen and oxygen atoms in total. The van der Waals surface area contributed by atoms with E-state index in [-0.39, 0.29) is 27.8 Å². The van der Waals surface area contributed by atoms with E-state index in [4.69, 9.17) is 4.42 Å². The molecule has 1 aromatic heterocycles. The molecule has 3 aromatic rings. The molecule has 0 spiro atoms. The van der Waals surface area contributed by atoms with Crippen LogP contribution < -0.4 is 5.63 Å². The fourth-order valence-corrected chi connectivity index (χ4v) is 4.91. The molecule has 16 heteroatoms. The van der Waals surface area contributed by atoms with Crippen molar-refractivity contribution in [1.82, 2.24) is 0 Å². The van der Waals surface area contributed by atoms with Crippen LogP contribution in [0.4, 0.5) is 35.1 Å². The standard InChI is InChI=1S/C31H30F8O7S/c1-5-6-7-8-20-9-12-23(19(4)13-20)24-14-21-10-11-22(15-25(21)43-27(24)41)47-17-29(34,35)45-31(38,39)46-30(36,37)44-28(32,33)16-42-26(40)18(2)3/h9-15H,2,5-8,16-17H2,1,3-4H3. The summed E-state index contributed by atoms with van der Waals surface area (Å²) in [5.74, 6) is -3.03. The normalized spacial score (nSPS) is 12.8. The number of hydrogen-bond donors (Lipinski definition) is 0. The molecule has 0 bridgehead atoms. The molecule has 1 heterocycles. The molecule has 258 valence electrons. The number of carbonyl (C=O) groups excluding carboxylic acids is 1. The van der Waals surface area contributed by atoms with Crippen LogP contribution in [-0.2, 0) is 30.2 Å². The van der Waals surface area contributed by atoms with E-state index >= 15 is 0 Å². The molecule has 2 aromatic carbocycles. The van der Waals surface area contributed by atoms with E-state index in [1.807, 2.05) is 25.1 Å². The molecule has 0 aliphatic carbocycles. The van der Waals surface area contributed by atoms with Crippen molar-refractivity contribution in [2.75, 3.05) is 12.4 Å². The quantitative estimate of drug-likeness (QED) is 0.0263. The third kappa shape index (κ3) is 11.6. The van der Waals surface area contributed by atoms with E-state index < -0.39 is 54.3 Å². The number of rotatable bonds is 17. The van der Waals surface area contributed by atoms with E-state index in [9.17, 15) is 44.7 Å². The lowest BCUT2D eigenvalue weighted by molar-refractivity contribution is -0.572. The fraction of sp³-hybridized carbons (Fsp3) is 0.419. The highest BCUT2D eigenvalue weighted by atomic mass is 32.2. The predicted molar refractivity (Wildman–Crippen MR) is 155 cm³/mol. The van der Waals surface area contributed by atoms with Crippen molar-refractivity contribution in [2.24, 2.45) is 0 Å². The van der Waals surface area contributed by atoms with Crippen molar-refractivity contribution in [1.29, 1.82) is 0 Å². The lowest BCUT2D eigenvalue weighted by Gasteiger charge is -2.27. The molecule has 47 heavy (non-hydrogen) atoms. The summed E-state index contributed by atoms with van der Waals surface area (Å²) < 4.78 is 128. The number of halogens is 8. The van der Waals surface area contributed by atoms with Crippen molar-refractivity contribution in [3.63, 3.8) is 0 Å². The Kier molecular flexibility index (Phi) is 12.3. The Bertz CT molecular complexity index is 1640. The van der Waals surface area contributed by atoms with Gasteiger partial charge in [0.25, 0.3) is 0 Å². The first-order valence-electron chi connectivity index (χ1n) is 14.0. The zero-order valence-corrected chi connectivity index (χ0v) is 26.1. The number of fused-ring (bicyclic) bond motifs is 1. The third-order valence-corrected chi connectivity index (χ3v) is 7.33. The first kappa shape index (κ1) is 38.0. The van der Waals surface area contributed by atoms with Crippen LogP contribution in [0.25, 0.3) is 22.1 Å². The first-order valence-corrected chi connectivity index (χ1v) is 14.9. The van der Waals surface area contributed by atoms with E-state index in [0.29, 0.717) is 10.9 Å². The Morgan fingerprint density at radius 3 is 2.15 bits per heavy atom. The number of unbranched alkanes of at least 4 members (excludes halogenated alkanes) is 2. The number of carbonyl (C=O) groups is 1. The Balaban J connectivity index is 1.65. The number of hydrogen-bond acceptors (Lipinski definition) is 8. The minimum Gasteiger partial charge on any atom is -0.453 e. The summed E-state index contributed by atoms with van der Waals surface area (Å²) in [6, 6.07) is 11.2. The van der Waals surface area contributed by atoms with Crippen LogP contribution >= 0.6 is 11.8 Å². The maximum absolute atomic E-state index is 14.2. The van der Waals surface area contributed by atoms with Crippen molar-refractivity contribution >= 4 is 28.7 Å². The molecule has 0 unspecified atom stereocenters. The summed E-state index contributed by atoms with van der Waals surface area (Å²) in [4.78, 5) is 23.9. The zero-order valence-electron chi connectivity index (χ0n) is 25.3. The van der Waals surface area contributed by atoms with Crippen molar-refractivity contribution < 1.29 is 63.3 Å². The third-order valence-electron chi connectivity index (χ3n) is 6.26. The Labute approximate surface area is 267 Å². The molecule has 0 amide bonds. The molecular formula is C31H30F8O7S. The van der Waals surface area contributed by atoms with Crippen molar-refractivity contribution in [2.45, 2.75) is 76.2 Å². The monoisotopic (exact) mass is 698 g/mol. The Hall–Kier alpha value is -3.47. The molecule has 0 fully saturated rings. The number of aryl methyl sites for hydroxylation is 2. The molecule has 3 rings (SSSR count). The number of esters is 1. The number of ether oxygens (including phenoxy) is 4. The molecule has 0 aliphatic heterocycles. The van der Waals surface area contributed by atoms with E-state index in [1.54, 1.807) is 6.07 Å². The summed E-state index contributed by atoms with van der Waals surface area (Å²) in [6.07, 6.45) is -17.5. The van der Waals surface area contributed by atoms with Crippen LogP contribution in [0.5, 0.6) is 0 Å². The summed E-state index contributed by atoms with van der Waals surface area (Å²) in [6.45, 7) is 5.90. The summed E-state index contributed by atoms with van der Waals surface area (Å²) >= 11 is 0.221. The summed E-state index contributed by atoms with van der Waals surface area (Å²) in [5.41, 5.74) is 1.77. The predicted octanol–water partition coefficient (Wildman–Crippen LogP) is 9.05. The number of alkyl halides is 8. The molecular weight excluding hydrogens is 668 g/mol. The molecule has 0 saturated heterocycles. The topological polar surface area (TPSA) is 84.2 Å². The lowest BCUT2D eigenvalue weighted by atomic mass is 9.97. The van der Waals surface area contributed by atoms with Gasteiger partial charge in [0.1, 0.15) is 5.58 Å². The zero-order chi connectivity index (χ0) is 35.2. The van der Waals surface area contributed by atoms with Gasteiger partial charge in [-0.2, -0.15) is 17.6 Å².